The Hall–Kier alpha value is -3.81. The van der Waals surface area contributed by atoms with Gasteiger partial charge in [-0.15, -0.1) is 0 Å². The fourth-order valence-corrected chi connectivity index (χ4v) is 2.15. The molecule has 0 atom stereocenters. The molecule has 8 heteroatoms. The zero-order valence-corrected chi connectivity index (χ0v) is 12.9. The Balaban J connectivity index is 1.81. The monoisotopic (exact) mass is 335 g/mol. The first-order valence-corrected chi connectivity index (χ1v) is 7.29. The van der Waals surface area contributed by atoms with Crippen LogP contribution >= 0.6 is 0 Å². The van der Waals surface area contributed by atoms with Crippen molar-refractivity contribution in [2.75, 3.05) is 0 Å². The summed E-state index contributed by atoms with van der Waals surface area (Å²) in [6, 6.07) is 16.3. The molecular weight excluding hydrogens is 322 g/mol. The highest BCUT2D eigenvalue weighted by molar-refractivity contribution is 6.08. The van der Waals surface area contributed by atoms with Crippen LogP contribution in [0.15, 0.2) is 71.9 Å². The molecule has 0 aliphatic heterocycles. The van der Waals surface area contributed by atoms with E-state index in [9.17, 15) is 14.9 Å². The number of benzene rings is 2. The van der Waals surface area contributed by atoms with E-state index in [-0.39, 0.29) is 17.2 Å². The zero-order chi connectivity index (χ0) is 17.8. The lowest BCUT2D eigenvalue weighted by atomic mass is 10.2. The van der Waals surface area contributed by atoms with Crippen molar-refractivity contribution >= 4 is 17.4 Å². The van der Waals surface area contributed by atoms with Crippen LogP contribution in [0.5, 0.6) is 0 Å². The Labute approximate surface area is 142 Å². The van der Waals surface area contributed by atoms with Gasteiger partial charge in [-0.05, 0) is 18.2 Å². The summed E-state index contributed by atoms with van der Waals surface area (Å²) in [4.78, 5) is 26.2. The van der Waals surface area contributed by atoms with E-state index in [0.29, 0.717) is 11.3 Å². The van der Waals surface area contributed by atoms with Crippen molar-refractivity contribution in [3.63, 3.8) is 0 Å². The smallest absolute Gasteiger partial charge is 0.299 e. The van der Waals surface area contributed by atoms with Crippen molar-refractivity contribution in [1.82, 2.24) is 9.78 Å². The van der Waals surface area contributed by atoms with Crippen molar-refractivity contribution in [1.29, 1.82) is 0 Å². The van der Waals surface area contributed by atoms with Gasteiger partial charge in [0.15, 0.2) is 5.69 Å². The maximum absolute atomic E-state index is 12.2. The van der Waals surface area contributed by atoms with Gasteiger partial charge in [-0.1, -0.05) is 30.3 Å². The molecule has 2 N–H and O–H groups in total. The lowest BCUT2D eigenvalue weighted by Crippen LogP contribution is -2.16. The number of carbonyl (C=O) groups is 1. The van der Waals surface area contributed by atoms with Crippen LogP contribution in [0.1, 0.15) is 16.1 Å². The van der Waals surface area contributed by atoms with Crippen LogP contribution in [0, 0.1) is 10.1 Å². The normalized spacial score (nSPS) is 11.3. The predicted octanol–water partition coefficient (Wildman–Crippen LogP) is 2.33. The molecule has 0 fully saturated rings. The van der Waals surface area contributed by atoms with E-state index in [2.05, 4.69) is 10.1 Å². The van der Waals surface area contributed by atoms with E-state index in [4.69, 9.17) is 5.73 Å². The Morgan fingerprint density at radius 1 is 1.08 bits per heavy atom. The van der Waals surface area contributed by atoms with Crippen molar-refractivity contribution < 1.29 is 9.72 Å². The van der Waals surface area contributed by atoms with Gasteiger partial charge in [0.2, 0.25) is 0 Å². The SMILES string of the molecule is NC(=NC(=O)c1ccn(-c2ccc([N+](=O)[O-])cc2)n1)c1ccccc1. The summed E-state index contributed by atoms with van der Waals surface area (Å²) in [7, 11) is 0. The van der Waals surface area contributed by atoms with Gasteiger partial charge in [-0.2, -0.15) is 10.1 Å². The Kier molecular flexibility index (Phi) is 4.34. The second-order valence-electron chi connectivity index (χ2n) is 5.09. The van der Waals surface area contributed by atoms with Crippen LogP contribution in [-0.2, 0) is 0 Å². The fourth-order valence-electron chi connectivity index (χ4n) is 2.15. The third kappa shape index (κ3) is 3.58. The molecule has 2 aromatic carbocycles. The summed E-state index contributed by atoms with van der Waals surface area (Å²) >= 11 is 0. The van der Waals surface area contributed by atoms with Crippen LogP contribution < -0.4 is 5.73 Å². The number of hydrogen-bond donors (Lipinski definition) is 1. The number of amidine groups is 1. The number of hydrogen-bond acceptors (Lipinski definition) is 4. The first-order chi connectivity index (χ1) is 12.0. The average Bonchev–Trinajstić information content (AvgIpc) is 3.13. The topological polar surface area (TPSA) is 116 Å². The Morgan fingerprint density at radius 3 is 2.40 bits per heavy atom. The first-order valence-electron chi connectivity index (χ1n) is 7.29. The molecule has 1 heterocycles. The fraction of sp³-hybridized carbons (Fsp3) is 0. The maximum atomic E-state index is 12.2. The van der Waals surface area contributed by atoms with E-state index in [0.717, 1.165) is 0 Å². The van der Waals surface area contributed by atoms with Gasteiger partial charge < -0.3 is 5.73 Å². The molecule has 0 unspecified atom stereocenters. The minimum Gasteiger partial charge on any atom is -0.383 e. The molecule has 0 saturated carbocycles. The molecule has 8 nitrogen and oxygen atoms in total. The summed E-state index contributed by atoms with van der Waals surface area (Å²) in [6.07, 6.45) is 1.57. The van der Waals surface area contributed by atoms with Gasteiger partial charge >= 0.3 is 0 Å². The van der Waals surface area contributed by atoms with Gasteiger partial charge in [-0.25, -0.2) is 4.68 Å². The van der Waals surface area contributed by atoms with E-state index < -0.39 is 10.8 Å². The number of nitrogens with two attached hydrogens (primary N) is 1. The molecular formula is C17H13N5O3. The first kappa shape index (κ1) is 16.1. The van der Waals surface area contributed by atoms with Crippen LogP contribution in [0.2, 0.25) is 0 Å². The lowest BCUT2D eigenvalue weighted by molar-refractivity contribution is -0.384. The Morgan fingerprint density at radius 2 is 1.76 bits per heavy atom. The number of aliphatic imine (C=N–C) groups is 1. The molecule has 124 valence electrons. The lowest BCUT2D eigenvalue weighted by Gasteiger charge is -2.00. The number of rotatable bonds is 4. The van der Waals surface area contributed by atoms with Crippen molar-refractivity contribution in [2.24, 2.45) is 10.7 Å². The quantitative estimate of drug-likeness (QED) is 0.340. The standard InChI is InChI=1S/C17H13N5O3/c18-16(12-4-2-1-3-5-12)19-17(23)15-10-11-21(20-15)13-6-8-14(9-7-13)22(24)25/h1-11H,(H2,18,19,23). The molecule has 25 heavy (non-hydrogen) atoms. The third-order valence-corrected chi connectivity index (χ3v) is 3.42. The van der Waals surface area contributed by atoms with Gasteiger partial charge in [0.1, 0.15) is 5.84 Å². The summed E-state index contributed by atoms with van der Waals surface area (Å²) in [5, 5.41) is 14.8. The third-order valence-electron chi connectivity index (χ3n) is 3.42. The number of amides is 1. The van der Waals surface area contributed by atoms with Crippen LogP contribution in [0.4, 0.5) is 5.69 Å². The summed E-state index contributed by atoms with van der Waals surface area (Å²) in [5.74, 6) is -0.461. The molecule has 3 aromatic rings. The average molecular weight is 335 g/mol. The molecule has 1 aromatic heterocycles. The highest BCUT2D eigenvalue weighted by Gasteiger charge is 2.11. The van der Waals surface area contributed by atoms with Crippen LogP contribution in [-0.4, -0.2) is 26.4 Å². The second kappa shape index (κ2) is 6.75. The van der Waals surface area contributed by atoms with Gasteiger partial charge in [0, 0.05) is 23.9 Å². The maximum Gasteiger partial charge on any atom is 0.299 e. The number of aromatic nitrogens is 2. The molecule has 0 bridgehead atoms. The zero-order valence-electron chi connectivity index (χ0n) is 12.9. The highest BCUT2D eigenvalue weighted by Crippen LogP contribution is 2.15. The van der Waals surface area contributed by atoms with E-state index in [1.165, 1.54) is 22.9 Å². The Bertz CT molecular complexity index is 946. The van der Waals surface area contributed by atoms with E-state index in [1.54, 1.807) is 42.6 Å². The largest absolute Gasteiger partial charge is 0.383 e. The van der Waals surface area contributed by atoms with Crippen molar-refractivity contribution in [3.05, 3.63) is 88.2 Å². The minimum atomic E-state index is -0.568. The molecule has 0 spiro atoms. The van der Waals surface area contributed by atoms with Gasteiger partial charge in [0.05, 0.1) is 10.6 Å². The molecule has 0 saturated heterocycles. The van der Waals surface area contributed by atoms with Crippen molar-refractivity contribution in [3.8, 4) is 5.69 Å². The van der Waals surface area contributed by atoms with Crippen molar-refractivity contribution in [2.45, 2.75) is 0 Å². The van der Waals surface area contributed by atoms with Gasteiger partial charge in [0.25, 0.3) is 11.6 Å². The molecule has 1 amide bonds. The number of nitro groups is 1. The molecule has 0 radical (unpaired) electrons. The molecule has 3 rings (SSSR count). The van der Waals surface area contributed by atoms with E-state index in [1.807, 2.05) is 6.07 Å². The highest BCUT2D eigenvalue weighted by atomic mass is 16.6. The van der Waals surface area contributed by atoms with E-state index >= 15 is 0 Å². The summed E-state index contributed by atoms with van der Waals surface area (Å²) < 4.78 is 1.44. The van der Waals surface area contributed by atoms with Gasteiger partial charge in [-0.3, -0.25) is 14.9 Å². The second-order valence-corrected chi connectivity index (χ2v) is 5.09. The molecule has 0 aliphatic carbocycles. The predicted molar refractivity (Wildman–Crippen MR) is 91.7 cm³/mol. The summed E-state index contributed by atoms with van der Waals surface area (Å²) in [6.45, 7) is 0. The minimum absolute atomic E-state index is 0.0209. The number of non-ortho nitro benzene ring substituents is 1. The van der Waals surface area contributed by atoms with Crippen LogP contribution in [0.3, 0.4) is 0 Å². The number of nitro benzene ring substituents is 1. The number of nitrogens with zero attached hydrogens (tertiary/aromatic N) is 4. The molecule has 0 aliphatic rings. The summed E-state index contributed by atoms with van der Waals surface area (Å²) in [5.41, 5.74) is 7.16. The number of carbonyl (C=O) groups excluding carboxylic acids is 1. The van der Waals surface area contributed by atoms with Crippen LogP contribution in [0.25, 0.3) is 5.69 Å².